The second-order valence-electron chi connectivity index (χ2n) is 3.95. The highest BCUT2D eigenvalue weighted by Crippen LogP contribution is 2.16. The van der Waals surface area contributed by atoms with Crippen molar-refractivity contribution in [1.82, 2.24) is 4.72 Å². The molecule has 0 aliphatic carbocycles. The van der Waals surface area contributed by atoms with E-state index in [1.54, 1.807) is 6.92 Å². The molecule has 18 heavy (non-hydrogen) atoms. The summed E-state index contributed by atoms with van der Waals surface area (Å²) in [5.41, 5.74) is 5.15. The molecule has 102 valence electrons. The van der Waals surface area contributed by atoms with Gasteiger partial charge in [-0.2, -0.15) is 0 Å². The van der Waals surface area contributed by atoms with Gasteiger partial charge in [0.1, 0.15) is 5.82 Å². The van der Waals surface area contributed by atoms with E-state index >= 15 is 0 Å². The fraction of sp³-hybridized carbons (Fsp3) is 0.400. The van der Waals surface area contributed by atoms with Gasteiger partial charge in [-0.15, -0.1) is 0 Å². The first kappa shape index (κ1) is 15.1. The molecule has 0 aromatic heterocycles. The molecule has 0 radical (unpaired) electrons. The Morgan fingerprint density at radius 2 is 2.11 bits per heavy atom. The standard InChI is InChI=1S/C10H15FN2O3S2/c1-7(6-17(2)14)13-18(15,16)8-3-4-10(12)9(11)5-8/h3-5,7,13H,6,12H2,1-2H3. The predicted molar refractivity (Wildman–Crippen MR) is 69.5 cm³/mol. The van der Waals surface area contributed by atoms with Crippen molar-refractivity contribution in [3.05, 3.63) is 24.0 Å². The minimum Gasteiger partial charge on any atom is -0.396 e. The van der Waals surface area contributed by atoms with Crippen molar-refractivity contribution >= 4 is 26.5 Å². The van der Waals surface area contributed by atoms with Crippen molar-refractivity contribution in [2.24, 2.45) is 0 Å². The number of sulfonamides is 1. The third-order valence-electron chi connectivity index (χ3n) is 2.12. The zero-order valence-corrected chi connectivity index (χ0v) is 11.6. The van der Waals surface area contributed by atoms with E-state index in [2.05, 4.69) is 4.72 Å². The van der Waals surface area contributed by atoms with Gasteiger partial charge in [0.25, 0.3) is 0 Å². The van der Waals surface area contributed by atoms with Gasteiger partial charge < -0.3 is 5.73 Å². The van der Waals surface area contributed by atoms with Crippen LogP contribution in [-0.2, 0) is 20.8 Å². The van der Waals surface area contributed by atoms with E-state index < -0.39 is 32.7 Å². The Hall–Kier alpha value is -0.990. The Labute approximate surface area is 108 Å². The minimum atomic E-state index is -3.82. The second kappa shape index (κ2) is 5.77. The number of nitrogens with two attached hydrogens (primary N) is 1. The lowest BCUT2D eigenvalue weighted by Crippen LogP contribution is -2.36. The van der Waals surface area contributed by atoms with E-state index in [-0.39, 0.29) is 16.3 Å². The molecule has 0 saturated heterocycles. The van der Waals surface area contributed by atoms with Crippen LogP contribution >= 0.6 is 0 Å². The summed E-state index contributed by atoms with van der Waals surface area (Å²) in [6.45, 7) is 1.59. The third kappa shape index (κ3) is 4.04. The number of halogens is 1. The van der Waals surface area contributed by atoms with E-state index in [0.717, 1.165) is 6.07 Å². The summed E-state index contributed by atoms with van der Waals surface area (Å²) in [6.07, 6.45) is 1.48. The lowest BCUT2D eigenvalue weighted by molar-refractivity contribution is 0.567. The molecule has 0 spiro atoms. The molecule has 5 nitrogen and oxygen atoms in total. The van der Waals surface area contributed by atoms with Crippen LogP contribution < -0.4 is 10.5 Å². The molecule has 0 aliphatic rings. The number of anilines is 1. The first-order valence-electron chi connectivity index (χ1n) is 5.10. The van der Waals surface area contributed by atoms with E-state index in [4.69, 9.17) is 5.73 Å². The summed E-state index contributed by atoms with van der Waals surface area (Å²) in [4.78, 5) is -0.206. The van der Waals surface area contributed by atoms with Gasteiger partial charge in [0.05, 0.1) is 10.6 Å². The maximum Gasteiger partial charge on any atom is 0.240 e. The molecule has 0 amide bonds. The summed E-state index contributed by atoms with van der Waals surface area (Å²) >= 11 is 0. The molecular formula is C10H15FN2O3S2. The van der Waals surface area contributed by atoms with Gasteiger partial charge in [0.2, 0.25) is 10.0 Å². The zero-order chi connectivity index (χ0) is 13.9. The maximum absolute atomic E-state index is 13.2. The molecule has 1 aromatic rings. The van der Waals surface area contributed by atoms with Crippen LogP contribution in [0.15, 0.2) is 23.1 Å². The fourth-order valence-electron chi connectivity index (χ4n) is 1.39. The van der Waals surface area contributed by atoms with Crippen LogP contribution in [0.1, 0.15) is 6.92 Å². The van der Waals surface area contributed by atoms with E-state index in [9.17, 15) is 17.0 Å². The number of nitrogen functional groups attached to an aromatic ring is 1. The van der Waals surface area contributed by atoms with Crippen molar-refractivity contribution in [2.45, 2.75) is 17.9 Å². The number of hydrogen-bond acceptors (Lipinski definition) is 4. The molecule has 0 heterocycles. The van der Waals surface area contributed by atoms with Gasteiger partial charge in [-0.05, 0) is 25.1 Å². The van der Waals surface area contributed by atoms with Crippen molar-refractivity contribution in [2.75, 3.05) is 17.7 Å². The van der Waals surface area contributed by atoms with Crippen LogP contribution in [0.4, 0.5) is 10.1 Å². The van der Waals surface area contributed by atoms with Gasteiger partial charge in [-0.3, -0.25) is 4.21 Å². The van der Waals surface area contributed by atoms with E-state index in [1.807, 2.05) is 0 Å². The van der Waals surface area contributed by atoms with Crippen molar-refractivity contribution in [3.63, 3.8) is 0 Å². The molecule has 0 fully saturated rings. The predicted octanol–water partition coefficient (Wildman–Crippen LogP) is 0.453. The van der Waals surface area contributed by atoms with E-state index in [0.29, 0.717) is 0 Å². The first-order valence-corrected chi connectivity index (χ1v) is 8.31. The Morgan fingerprint density at radius 3 is 2.61 bits per heavy atom. The quantitative estimate of drug-likeness (QED) is 0.772. The monoisotopic (exact) mass is 294 g/mol. The van der Waals surface area contributed by atoms with Gasteiger partial charge in [-0.1, -0.05) is 0 Å². The Balaban J connectivity index is 2.92. The van der Waals surface area contributed by atoms with Crippen molar-refractivity contribution < 1.29 is 17.0 Å². The average Bonchev–Trinajstić information content (AvgIpc) is 2.19. The molecule has 1 aromatic carbocycles. The Kier molecular flexibility index (Phi) is 4.83. The number of rotatable bonds is 5. The molecule has 8 heteroatoms. The van der Waals surface area contributed by atoms with Crippen molar-refractivity contribution in [1.29, 1.82) is 0 Å². The van der Waals surface area contributed by atoms with Gasteiger partial charge >= 0.3 is 0 Å². The van der Waals surface area contributed by atoms with Crippen LogP contribution in [0.5, 0.6) is 0 Å². The summed E-state index contributed by atoms with van der Waals surface area (Å²) in [7, 11) is -4.94. The first-order chi connectivity index (χ1) is 8.22. The molecule has 0 bridgehead atoms. The minimum absolute atomic E-state index is 0.114. The third-order valence-corrected chi connectivity index (χ3v) is 4.68. The van der Waals surface area contributed by atoms with Crippen LogP contribution in [0, 0.1) is 5.82 Å². The molecule has 2 unspecified atom stereocenters. The average molecular weight is 294 g/mol. The number of nitrogens with one attached hydrogen (secondary N) is 1. The highest BCUT2D eigenvalue weighted by atomic mass is 32.2. The maximum atomic E-state index is 13.2. The van der Waals surface area contributed by atoms with Crippen LogP contribution in [-0.4, -0.2) is 30.7 Å². The molecule has 1 rings (SSSR count). The van der Waals surface area contributed by atoms with Crippen LogP contribution in [0.3, 0.4) is 0 Å². The normalized spacial score (nSPS) is 15.3. The summed E-state index contributed by atoms with van der Waals surface area (Å²) in [6, 6.07) is 2.76. The second-order valence-corrected chi connectivity index (χ2v) is 7.14. The summed E-state index contributed by atoms with van der Waals surface area (Å²) in [5, 5.41) is 0. The van der Waals surface area contributed by atoms with Gasteiger partial charge in [0.15, 0.2) is 0 Å². The zero-order valence-electron chi connectivity index (χ0n) is 10.0. The summed E-state index contributed by atoms with van der Waals surface area (Å²) < 4.78 is 50.2. The number of benzene rings is 1. The topological polar surface area (TPSA) is 89.3 Å². The van der Waals surface area contributed by atoms with Crippen LogP contribution in [0.25, 0.3) is 0 Å². The lowest BCUT2D eigenvalue weighted by atomic mass is 10.3. The van der Waals surface area contributed by atoms with Gasteiger partial charge in [0, 0.05) is 28.9 Å². The van der Waals surface area contributed by atoms with Crippen molar-refractivity contribution in [3.8, 4) is 0 Å². The summed E-state index contributed by atoms with van der Waals surface area (Å²) in [5.74, 6) is -0.596. The lowest BCUT2D eigenvalue weighted by Gasteiger charge is -2.13. The molecule has 0 aliphatic heterocycles. The highest BCUT2D eigenvalue weighted by molar-refractivity contribution is 7.89. The van der Waals surface area contributed by atoms with Crippen LogP contribution in [0.2, 0.25) is 0 Å². The number of hydrogen-bond donors (Lipinski definition) is 2. The molecular weight excluding hydrogens is 279 g/mol. The molecule has 3 N–H and O–H groups in total. The van der Waals surface area contributed by atoms with Gasteiger partial charge in [-0.25, -0.2) is 17.5 Å². The smallest absolute Gasteiger partial charge is 0.240 e. The molecule has 0 saturated carbocycles. The fourth-order valence-corrected chi connectivity index (χ4v) is 3.54. The Bertz CT molecular complexity index is 560. The largest absolute Gasteiger partial charge is 0.396 e. The highest BCUT2D eigenvalue weighted by Gasteiger charge is 2.19. The molecule has 2 atom stereocenters. The Morgan fingerprint density at radius 1 is 1.50 bits per heavy atom. The SMILES string of the molecule is CC(CS(C)=O)NS(=O)(=O)c1ccc(N)c(F)c1. The van der Waals surface area contributed by atoms with E-state index in [1.165, 1.54) is 18.4 Å².